The predicted octanol–water partition coefficient (Wildman–Crippen LogP) is 7.33. The van der Waals surface area contributed by atoms with Gasteiger partial charge < -0.3 is 4.90 Å². The number of benzene rings is 1. The zero-order valence-corrected chi connectivity index (χ0v) is 20.4. The lowest BCUT2D eigenvalue weighted by molar-refractivity contribution is 0.370. The van der Waals surface area contributed by atoms with Crippen LogP contribution in [0, 0.1) is 0 Å². The van der Waals surface area contributed by atoms with Crippen molar-refractivity contribution in [1.82, 2.24) is 9.88 Å². The average Bonchev–Trinajstić information content (AvgIpc) is 2.97. The summed E-state index contributed by atoms with van der Waals surface area (Å²) in [6.07, 6.45) is 7.93. The zero-order chi connectivity index (χ0) is 23.1. The topological polar surface area (TPSA) is 28.5 Å². The van der Waals surface area contributed by atoms with E-state index in [4.69, 9.17) is 4.99 Å². The fourth-order valence-corrected chi connectivity index (χ4v) is 4.52. The standard InChI is InChI=1S/C27H31N3.C2H6/c1-19(2)29-27-20(3)9-10-23-7-5-6-8-25(23)26(27)24-13-17-30(18-14-24)21(4)22-11-15-28-16-12-22;1-2/h5-8,11-12,15-16H,4,9-10,13-14,17-18H2,1-3H3;1-2H3. The van der Waals surface area contributed by atoms with E-state index in [-0.39, 0.29) is 0 Å². The summed E-state index contributed by atoms with van der Waals surface area (Å²) in [5.74, 6) is 0. The van der Waals surface area contributed by atoms with E-state index in [0.29, 0.717) is 0 Å². The molecular formula is C29H37N3. The second-order valence-corrected chi connectivity index (χ2v) is 8.49. The largest absolute Gasteiger partial charge is 0.371 e. The van der Waals surface area contributed by atoms with Gasteiger partial charge in [0.25, 0.3) is 0 Å². The van der Waals surface area contributed by atoms with Gasteiger partial charge in [-0.15, -0.1) is 0 Å². The van der Waals surface area contributed by atoms with Gasteiger partial charge in [-0.1, -0.05) is 50.3 Å². The number of likely N-dealkylation sites (tertiary alicyclic amines) is 1. The Labute approximate surface area is 194 Å². The van der Waals surface area contributed by atoms with Crippen molar-refractivity contribution in [2.45, 2.75) is 60.3 Å². The van der Waals surface area contributed by atoms with Gasteiger partial charge in [-0.2, -0.15) is 0 Å². The first-order chi connectivity index (χ1) is 15.5. The molecule has 1 aliphatic heterocycles. The summed E-state index contributed by atoms with van der Waals surface area (Å²) in [4.78, 5) is 11.6. The van der Waals surface area contributed by atoms with E-state index in [1.807, 2.05) is 38.4 Å². The molecule has 0 amide bonds. The first-order valence-electron chi connectivity index (χ1n) is 11.9. The van der Waals surface area contributed by atoms with Gasteiger partial charge in [0.15, 0.2) is 0 Å². The highest BCUT2D eigenvalue weighted by atomic mass is 15.1. The number of aromatic nitrogens is 1. The fourth-order valence-electron chi connectivity index (χ4n) is 4.52. The smallest absolute Gasteiger partial charge is 0.0696 e. The van der Waals surface area contributed by atoms with Crippen molar-refractivity contribution in [1.29, 1.82) is 0 Å². The lowest BCUT2D eigenvalue weighted by Gasteiger charge is -2.33. The Bertz CT molecular complexity index is 1030. The third-order valence-corrected chi connectivity index (χ3v) is 6.15. The molecular weight excluding hydrogens is 390 g/mol. The molecule has 2 aromatic rings. The molecule has 0 saturated carbocycles. The van der Waals surface area contributed by atoms with Crippen LogP contribution < -0.4 is 0 Å². The zero-order valence-electron chi connectivity index (χ0n) is 20.4. The van der Waals surface area contributed by atoms with Crippen LogP contribution >= 0.6 is 0 Å². The Hall–Kier alpha value is -2.94. The summed E-state index contributed by atoms with van der Waals surface area (Å²) in [6, 6.07) is 13.0. The maximum absolute atomic E-state index is 5.03. The van der Waals surface area contributed by atoms with Crippen LogP contribution in [0.15, 0.2) is 77.2 Å². The van der Waals surface area contributed by atoms with Crippen molar-refractivity contribution in [2.75, 3.05) is 13.1 Å². The molecule has 1 aliphatic carbocycles. The summed E-state index contributed by atoms with van der Waals surface area (Å²) in [5.41, 5.74) is 11.7. The van der Waals surface area contributed by atoms with Gasteiger partial charge in [0.1, 0.15) is 0 Å². The number of nitrogens with zero attached hydrogens (tertiary/aromatic N) is 3. The number of aryl methyl sites for hydroxylation is 1. The highest BCUT2D eigenvalue weighted by molar-refractivity contribution is 5.89. The van der Waals surface area contributed by atoms with E-state index in [9.17, 15) is 0 Å². The molecule has 1 aromatic carbocycles. The van der Waals surface area contributed by atoms with Crippen LogP contribution in [0.5, 0.6) is 0 Å². The molecule has 168 valence electrons. The van der Waals surface area contributed by atoms with Crippen LogP contribution in [0.1, 0.15) is 70.6 Å². The molecule has 32 heavy (non-hydrogen) atoms. The number of hydrogen-bond donors (Lipinski definition) is 0. The summed E-state index contributed by atoms with van der Waals surface area (Å²) < 4.78 is 0. The second kappa shape index (κ2) is 11.1. The Morgan fingerprint density at radius 1 is 0.938 bits per heavy atom. The molecule has 0 bridgehead atoms. The van der Waals surface area contributed by atoms with Crippen LogP contribution in [0.2, 0.25) is 0 Å². The van der Waals surface area contributed by atoms with Crippen molar-refractivity contribution in [2.24, 2.45) is 4.99 Å². The minimum atomic E-state index is 0.989. The van der Waals surface area contributed by atoms with Crippen LogP contribution in [-0.4, -0.2) is 28.7 Å². The van der Waals surface area contributed by atoms with Crippen molar-refractivity contribution in [3.05, 3.63) is 88.9 Å². The van der Waals surface area contributed by atoms with Gasteiger partial charge in [-0.3, -0.25) is 9.98 Å². The lowest BCUT2D eigenvalue weighted by atomic mass is 9.88. The summed E-state index contributed by atoms with van der Waals surface area (Å²) in [7, 11) is 0. The molecule has 1 aromatic heterocycles. The Balaban J connectivity index is 0.00000141. The quantitative estimate of drug-likeness (QED) is 0.480. The molecule has 4 rings (SSSR count). The molecule has 2 aliphatic rings. The van der Waals surface area contributed by atoms with Crippen LogP contribution in [-0.2, 0) is 6.42 Å². The van der Waals surface area contributed by atoms with Gasteiger partial charge in [0.05, 0.1) is 5.70 Å². The highest BCUT2D eigenvalue weighted by Crippen LogP contribution is 2.40. The van der Waals surface area contributed by atoms with Crippen LogP contribution in [0.25, 0.3) is 11.3 Å². The van der Waals surface area contributed by atoms with Crippen LogP contribution in [0.4, 0.5) is 0 Å². The SMILES string of the molecule is C=C(c1ccncc1)N1CCC(=C2C(N=C(C)C)=C(C)CCc3ccccc32)CC1.CC. The third kappa shape index (κ3) is 5.27. The maximum atomic E-state index is 5.03. The Kier molecular flexibility index (Phi) is 8.21. The van der Waals surface area contributed by atoms with Gasteiger partial charge in [-0.05, 0) is 75.3 Å². The van der Waals surface area contributed by atoms with Gasteiger partial charge in [-0.25, -0.2) is 0 Å². The number of piperidine rings is 1. The van der Waals surface area contributed by atoms with Gasteiger partial charge in [0.2, 0.25) is 0 Å². The number of fused-ring (bicyclic) bond motifs is 1. The van der Waals surface area contributed by atoms with Gasteiger partial charge >= 0.3 is 0 Å². The third-order valence-electron chi connectivity index (χ3n) is 6.15. The number of allylic oxidation sites excluding steroid dienone is 2. The van der Waals surface area contributed by atoms with Crippen molar-refractivity contribution in [3.8, 4) is 0 Å². The lowest BCUT2D eigenvalue weighted by Crippen LogP contribution is -2.29. The normalized spacial score (nSPS) is 16.0. The molecule has 1 fully saturated rings. The molecule has 1 saturated heterocycles. The first-order valence-corrected chi connectivity index (χ1v) is 11.9. The van der Waals surface area contributed by atoms with E-state index < -0.39 is 0 Å². The van der Waals surface area contributed by atoms with E-state index in [1.165, 1.54) is 33.5 Å². The van der Waals surface area contributed by atoms with E-state index in [2.05, 4.69) is 61.5 Å². The molecule has 0 spiro atoms. The fraction of sp³-hybridized carbons (Fsp3) is 0.379. The van der Waals surface area contributed by atoms with Crippen molar-refractivity contribution < 1.29 is 0 Å². The molecule has 3 heteroatoms. The summed E-state index contributed by atoms with van der Waals surface area (Å²) in [5, 5.41) is 0. The molecule has 3 nitrogen and oxygen atoms in total. The molecule has 0 atom stereocenters. The molecule has 0 unspecified atom stereocenters. The first kappa shape index (κ1) is 23.7. The minimum absolute atomic E-state index is 0.989. The molecule has 2 heterocycles. The van der Waals surface area contributed by atoms with Gasteiger partial charge in [0, 0.05) is 48.0 Å². The summed E-state index contributed by atoms with van der Waals surface area (Å²) >= 11 is 0. The van der Waals surface area contributed by atoms with Crippen molar-refractivity contribution >= 4 is 17.0 Å². The maximum Gasteiger partial charge on any atom is 0.0696 e. The summed E-state index contributed by atoms with van der Waals surface area (Å²) in [6.45, 7) is 16.8. The van der Waals surface area contributed by atoms with E-state index in [1.54, 1.807) is 0 Å². The van der Waals surface area contributed by atoms with Crippen LogP contribution in [0.3, 0.4) is 0 Å². The van der Waals surface area contributed by atoms with E-state index >= 15 is 0 Å². The number of hydrogen-bond acceptors (Lipinski definition) is 3. The predicted molar refractivity (Wildman–Crippen MR) is 139 cm³/mol. The number of rotatable bonds is 3. The second-order valence-electron chi connectivity index (χ2n) is 8.49. The molecule has 0 N–H and O–H groups in total. The number of pyridine rings is 1. The average molecular weight is 428 g/mol. The molecule has 0 radical (unpaired) electrons. The Morgan fingerprint density at radius 3 is 2.25 bits per heavy atom. The minimum Gasteiger partial charge on any atom is -0.371 e. The van der Waals surface area contributed by atoms with Crippen molar-refractivity contribution in [3.63, 3.8) is 0 Å². The number of aliphatic imine (C=N–C) groups is 1. The van der Waals surface area contributed by atoms with E-state index in [0.717, 1.165) is 55.7 Å². The Morgan fingerprint density at radius 2 is 1.59 bits per heavy atom. The highest BCUT2D eigenvalue weighted by Gasteiger charge is 2.25. The monoisotopic (exact) mass is 427 g/mol.